The van der Waals surface area contributed by atoms with Gasteiger partial charge in [-0.3, -0.25) is 0 Å². The first-order chi connectivity index (χ1) is 9.72. The molecule has 0 fully saturated rings. The van der Waals surface area contributed by atoms with Crippen LogP contribution < -0.4 is 10.5 Å². The molecular weight excluding hydrogens is 274 g/mol. The van der Waals surface area contributed by atoms with E-state index in [0.717, 1.165) is 6.42 Å². The zero-order chi connectivity index (χ0) is 14.4. The molecule has 5 heteroatoms. The van der Waals surface area contributed by atoms with Crippen LogP contribution in [0.4, 0.5) is 5.69 Å². The maximum Gasteiger partial charge on any atom is 0.340 e. The molecule has 20 heavy (non-hydrogen) atoms. The van der Waals surface area contributed by atoms with Crippen molar-refractivity contribution in [3.8, 4) is 5.75 Å². The standard InChI is InChI=1S/C15H17NO3S/c1-2-18-15(17)12-6-3-7-13(14(12)16)19-9-8-11-5-4-10-20-11/h3-7,10H,2,8-9,16H2,1H3. The highest BCUT2D eigenvalue weighted by atomic mass is 32.1. The van der Waals surface area contributed by atoms with Gasteiger partial charge in [0.2, 0.25) is 0 Å². The van der Waals surface area contributed by atoms with Crippen molar-refractivity contribution < 1.29 is 14.3 Å². The molecule has 2 aromatic rings. The molecule has 0 aliphatic carbocycles. The summed E-state index contributed by atoms with van der Waals surface area (Å²) in [5, 5.41) is 2.03. The number of nitrogens with two attached hydrogens (primary N) is 1. The van der Waals surface area contributed by atoms with Crippen molar-refractivity contribution in [3.63, 3.8) is 0 Å². The fourth-order valence-corrected chi connectivity index (χ4v) is 2.46. The molecule has 0 saturated heterocycles. The van der Waals surface area contributed by atoms with E-state index in [1.54, 1.807) is 36.5 Å². The number of ether oxygens (including phenoxy) is 2. The molecule has 0 radical (unpaired) electrons. The number of anilines is 1. The second-order valence-corrected chi connectivity index (χ2v) is 5.15. The lowest BCUT2D eigenvalue weighted by Crippen LogP contribution is -2.10. The third-order valence-electron chi connectivity index (χ3n) is 2.75. The zero-order valence-corrected chi connectivity index (χ0v) is 12.1. The lowest BCUT2D eigenvalue weighted by molar-refractivity contribution is 0.0527. The Labute approximate surface area is 122 Å². The Morgan fingerprint density at radius 2 is 2.15 bits per heavy atom. The molecule has 2 rings (SSSR count). The van der Waals surface area contributed by atoms with Crippen molar-refractivity contribution in [1.29, 1.82) is 0 Å². The van der Waals surface area contributed by atoms with Crippen LogP contribution in [-0.2, 0) is 11.2 Å². The Kier molecular flexibility index (Phi) is 5.01. The number of para-hydroxylation sites is 1. The first-order valence-electron chi connectivity index (χ1n) is 6.43. The van der Waals surface area contributed by atoms with Crippen LogP contribution in [-0.4, -0.2) is 19.2 Å². The average Bonchev–Trinajstić information content (AvgIpc) is 2.94. The third-order valence-corrected chi connectivity index (χ3v) is 3.68. The summed E-state index contributed by atoms with van der Waals surface area (Å²) >= 11 is 1.69. The molecule has 0 bridgehead atoms. The number of hydrogen-bond donors (Lipinski definition) is 1. The molecule has 0 spiro atoms. The van der Waals surface area contributed by atoms with E-state index in [-0.39, 0.29) is 0 Å². The van der Waals surface area contributed by atoms with Gasteiger partial charge in [0, 0.05) is 11.3 Å². The summed E-state index contributed by atoms with van der Waals surface area (Å²) in [4.78, 5) is 13.0. The summed E-state index contributed by atoms with van der Waals surface area (Å²) in [6.07, 6.45) is 0.820. The van der Waals surface area contributed by atoms with E-state index in [2.05, 4.69) is 6.07 Å². The maximum absolute atomic E-state index is 11.7. The summed E-state index contributed by atoms with van der Waals surface area (Å²) in [6.45, 7) is 2.61. The van der Waals surface area contributed by atoms with Gasteiger partial charge < -0.3 is 15.2 Å². The maximum atomic E-state index is 11.7. The lowest BCUT2D eigenvalue weighted by Gasteiger charge is -2.11. The van der Waals surface area contributed by atoms with E-state index < -0.39 is 5.97 Å². The molecule has 0 saturated carbocycles. The zero-order valence-electron chi connectivity index (χ0n) is 11.3. The largest absolute Gasteiger partial charge is 0.491 e. The molecule has 2 N–H and O–H groups in total. The van der Waals surface area contributed by atoms with Crippen LogP contribution in [0.2, 0.25) is 0 Å². The van der Waals surface area contributed by atoms with Crippen LogP contribution in [0.1, 0.15) is 22.2 Å². The fraction of sp³-hybridized carbons (Fsp3) is 0.267. The Bertz CT molecular complexity index is 567. The molecule has 106 valence electrons. The fourth-order valence-electron chi connectivity index (χ4n) is 1.77. The van der Waals surface area contributed by atoms with Crippen molar-refractivity contribution in [3.05, 3.63) is 46.2 Å². The van der Waals surface area contributed by atoms with Gasteiger partial charge >= 0.3 is 5.97 Å². The van der Waals surface area contributed by atoms with Gasteiger partial charge in [0.1, 0.15) is 5.75 Å². The summed E-state index contributed by atoms with van der Waals surface area (Å²) in [5.74, 6) is 0.0980. The highest BCUT2D eigenvalue weighted by Crippen LogP contribution is 2.26. The number of nitrogen functional groups attached to an aromatic ring is 1. The van der Waals surface area contributed by atoms with E-state index in [9.17, 15) is 4.79 Å². The minimum absolute atomic E-state index is 0.321. The summed E-state index contributed by atoms with van der Waals surface area (Å²) in [6, 6.07) is 9.21. The van der Waals surface area contributed by atoms with Gasteiger partial charge in [0.15, 0.2) is 0 Å². The lowest BCUT2D eigenvalue weighted by atomic mass is 10.1. The van der Waals surface area contributed by atoms with E-state index >= 15 is 0 Å². The number of benzene rings is 1. The smallest absolute Gasteiger partial charge is 0.340 e. The minimum atomic E-state index is -0.422. The SMILES string of the molecule is CCOC(=O)c1cccc(OCCc2cccs2)c1N. The monoisotopic (exact) mass is 291 g/mol. The highest BCUT2D eigenvalue weighted by molar-refractivity contribution is 7.09. The summed E-state index contributed by atoms with van der Waals surface area (Å²) in [5.41, 5.74) is 6.63. The normalized spacial score (nSPS) is 10.2. The molecular formula is C15H17NO3S. The van der Waals surface area contributed by atoms with Crippen molar-refractivity contribution in [2.75, 3.05) is 18.9 Å². The Hall–Kier alpha value is -2.01. The molecule has 1 aromatic heterocycles. The first-order valence-corrected chi connectivity index (χ1v) is 7.31. The van der Waals surface area contributed by atoms with Crippen LogP contribution in [0.25, 0.3) is 0 Å². The van der Waals surface area contributed by atoms with Crippen LogP contribution in [0, 0.1) is 0 Å². The van der Waals surface area contributed by atoms with Crippen molar-refractivity contribution in [2.45, 2.75) is 13.3 Å². The van der Waals surface area contributed by atoms with E-state index in [4.69, 9.17) is 15.2 Å². The molecule has 0 atom stereocenters. The van der Waals surface area contributed by atoms with Crippen molar-refractivity contribution in [2.24, 2.45) is 0 Å². The van der Waals surface area contributed by atoms with Gasteiger partial charge in [0.05, 0.1) is 24.5 Å². The molecule has 1 heterocycles. The Morgan fingerprint density at radius 1 is 1.30 bits per heavy atom. The number of carbonyl (C=O) groups excluding carboxylic acids is 1. The van der Waals surface area contributed by atoms with Gasteiger partial charge in [-0.2, -0.15) is 0 Å². The topological polar surface area (TPSA) is 61.5 Å². The van der Waals surface area contributed by atoms with Gasteiger partial charge in [-0.1, -0.05) is 12.1 Å². The molecule has 1 aromatic carbocycles. The third kappa shape index (κ3) is 3.51. The van der Waals surface area contributed by atoms with Gasteiger partial charge in [-0.15, -0.1) is 11.3 Å². The molecule has 0 aliphatic heterocycles. The number of hydrogen-bond acceptors (Lipinski definition) is 5. The number of thiophene rings is 1. The van der Waals surface area contributed by atoms with Gasteiger partial charge in [-0.25, -0.2) is 4.79 Å². The first kappa shape index (κ1) is 14.4. The Morgan fingerprint density at radius 3 is 2.85 bits per heavy atom. The van der Waals surface area contributed by atoms with Gasteiger partial charge in [-0.05, 0) is 30.5 Å². The van der Waals surface area contributed by atoms with E-state index in [1.165, 1.54) is 4.88 Å². The molecule has 4 nitrogen and oxygen atoms in total. The predicted molar refractivity (Wildman–Crippen MR) is 80.3 cm³/mol. The van der Waals surface area contributed by atoms with Crippen LogP contribution in [0.3, 0.4) is 0 Å². The van der Waals surface area contributed by atoms with Crippen LogP contribution >= 0.6 is 11.3 Å². The van der Waals surface area contributed by atoms with E-state index in [0.29, 0.717) is 30.2 Å². The van der Waals surface area contributed by atoms with Crippen molar-refractivity contribution in [1.82, 2.24) is 0 Å². The minimum Gasteiger partial charge on any atom is -0.491 e. The number of carbonyl (C=O) groups is 1. The van der Waals surface area contributed by atoms with Crippen LogP contribution in [0.15, 0.2) is 35.7 Å². The predicted octanol–water partition coefficient (Wildman–Crippen LogP) is 3.13. The number of rotatable bonds is 6. The Balaban J connectivity index is 2.01. The number of esters is 1. The highest BCUT2D eigenvalue weighted by Gasteiger charge is 2.14. The second kappa shape index (κ2) is 6.96. The molecule has 0 amide bonds. The van der Waals surface area contributed by atoms with E-state index in [1.807, 2.05) is 11.4 Å². The summed E-state index contributed by atoms with van der Waals surface area (Å²) < 4.78 is 10.6. The quantitative estimate of drug-likeness (QED) is 0.656. The molecule has 0 aliphatic rings. The molecule has 0 unspecified atom stereocenters. The van der Waals surface area contributed by atoms with Gasteiger partial charge in [0.25, 0.3) is 0 Å². The summed E-state index contributed by atoms with van der Waals surface area (Å²) in [7, 11) is 0. The van der Waals surface area contributed by atoms with Crippen LogP contribution in [0.5, 0.6) is 5.75 Å². The average molecular weight is 291 g/mol. The second-order valence-electron chi connectivity index (χ2n) is 4.12. The van der Waals surface area contributed by atoms with Crippen molar-refractivity contribution >= 4 is 23.0 Å².